The minimum absolute atomic E-state index is 0.560. The molecule has 100 valence electrons. The first-order valence-electron chi connectivity index (χ1n) is 5.45. The van der Waals surface area contributed by atoms with Gasteiger partial charge in [0.1, 0.15) is 0 Å². The van der Waals surface area contributed by atoms with Gasteiger partial charge in [0.05, 0.1) is 10.6 Å². The van der Waals surface area contributed by atoms with E-state index in [4.69, 9.17) is 5.73 Å². The highest BCUT2D eigenvalue weighted by Crippen LogP contribution is 2.30. The molecule has 0 aliphatic rings. The third kappa shape index (κ3) is 3.89. The van der Waals surface area contributed by atoms with Crippen LogP contribution in [0.5, 0.6) is 0 Å². The zero-order chi connectivity index (χ0) is 13.9. The average molecular weight is 284 g/mol. The number of thioether (sulfide) groups is 1. The van der Waals surface area contributed by atoms with E-state index in [1.807, 2.05) is 12.1 Å². The van der Waals surface area contributed by atoms with Gasteiger partial charge in [-0.05, 0) is 29.8 Å². The number of halogens is 3. The van der Waals surface area contributed by atoms with Gasteiger partial charge in [-0.25, -0.2) is 4.98 Å². The Kier molecular flexibility index (Phi) is 3.99. The maximum Gasteiger partial charge on any atom is 0.417 e. The lowest BCUT2D eigenvalue weighted by Crippen LogP contribution is -2.05. The number of benzene rings is 1. The van der Waals surface area contributed by atoms with Crippen molar-refractivity contribution in [2.24, 2.45) is 0 Å². The van der Waals surface area contributed by atoms with Crippen LogP contribution in [0.1, 0.15) is 11.1 Å². The van der Waals surface area contributed by atoms with Gasteiger partial charge >= 0.3 is 6.18 Å². The second kappa shape index (κ2) is 5.52. The zero-order valence-corrected chi connectivity index (χ0v) is 10.6. The first-order chi connectivity index (χ1) is 8.95. The summed E-state index contributed by atoms with van der Waals surface area (Å²) in [6.45, 7) is 0. The molecule has 0 spiro atoms. The van der Waals surface area contributed by atoms with E-state index >= 15 is 0 Å². The molecular weight excluding hydrogens is 273 g/mol. The number of hydrogen-bond donors (Lipinski definition) is 1. The third-order valence-corrected chi connectivity index (χ3v) is 3.45. The molecule has 1 heterocycles. The number of alkyl halides is 3. The lowest BCUT2D eigenvalue weighted by atomic mass is 10.2. The number of aromatic nitrogens is 1. The summed E-state index contributed by atoms with van der Waals surface area (Å²) in [5.74, 6) is 0.638. The summed E-state index contributed by atoms with van der Waals surface area (Å²) in [5.41, 5.74) is 6.56. The average Bonchev–Trinajstić information content (AvgIpc) is 2.37. The highest BCUT2D eigenvalue weighted by molar-refractivity contribution is 7.98. The molecule has 1 aromatic heterocycles. The van der Waals surface area contributed by atoms with Crippen molar-refractivity contribution in [3.05, 3.63) is 53.7 Å². The molecule has 0 fully saturated rings. The van der Waals surface area contributed by atoms with Crippen molar-refractivity contribution in [3.63, 3.8) is 0 Å². The van der Waals surface area contributed by atoms with Crippen LogP contribution in [-0.2, 0) is 11.9 Å². The van der Waals surface area contributed by atoms with Crippen LogP contribution < -0.4 is 5.73 Å². The Morgan fingerprint density at radius 2 is 1.74 bits per heavy atom. The molecule has 0 aliphatic heterocycles. The van der Waals surface area contributed by atoms with Crippen molar-refractivity contribution in [3.8, 4) is 0 Å². The molecule has 0 saturated heterocycles. The lowest BCUT2D eigenvalue weighted by molar-refractivity contribution is -0.137. The predicted octanol–water partition coefficient (Wildman–Crippen LogP) is 3.97. The second-order valence-electron chi connectivity index (χ2n) is 3.91. The fourth-order valence-corrected chi connectivity index (χ4v) is 2.20. The van der Waals surface area contributed by atoms with Crippen molar-refractivity contribution >= 4 is 17.4 Å². The fourth-order valence-electron chi connectivity index (χ4n) is 1.40. The van der Waals surface area contributed by atoms with Crippen LogP contribution in [0.2, 0.25) is 0 Å². The van der Waals surface area contributed by atoms with Gasteiger partial charge in [0.25, 0.3) is 0 Å². The van der Waals surface area contributed by atoms with Gasteiger partial charge in [0.15, 0.2) is 0 Å². The lowest BCUT2D eigenvalue weighted by Gasteiger charge is -2.06. The van der Waals surface area contributed by atoms with E-state index in [1.165, 1.54) is 17.8 Å². The van der Waals surface area contributed by atoms with Gasteiger partial charge in [-0.3, -0.25) is 0 Å². The second-order valence-corrected chi connectivity index (χ2v) is 4.91. The van der Waals surface area contributed by atoms with Crippen molar-refractivity contribution in [1.29, 1.82) is 0 Å². The summed E-state index contributed by atoms with van der Waals surface area (Å²) in [6.07, 6.45) is -3.49. The molecule has 19 heavy (non-hydrogen) atoms. The van der Waals surface area contributed by atoms with Crippen molar-refractivity contribution < 1.29 is 13.2 Å². The molecule has 1 aromatic carbocycles. The molecule has 2 aromatic rings. The summed E-state index contributed by atoms with van der Waals surface area (Å²) in [5, 5.41) is 0.560. The molecule has 2 N–H and O–H groups in total. The minimum Gasteiger partial charge on any atom is -0.399 e. The van der Waals surface area contributed by atoms with E-state index in [-0.39, 0.29) is 0 Å². The Balaban J connectivity index is 1.98. The van der Waals surface area contributed by atoms with E-state index in [9.17, 15) is 13.2 Å². The summed E-state index contributed by atoms with van der Waals surface area (Å²) in [4.78, 5) is 3.80. The molecule has 0 atom stereocenters. The smallest absolute Gasteiger partial charge is 0.399 e. The molecule has 2 nitrogen and oxygen atoms in total. The Bertz CT molecular complexity index is 535. The molecule has 0 amide bonds. The summed E-state index contributed by atoms with van der Waals surface area (Å²) in [6, 6.07) is 9.76. The minimum atomic E-state index is -4.34. The number of nitrogen functional groups attached to an aromatic ring is 1. The molecule has 0 aliphatic carbocycles. The first kappa shape index (κ1) is 13.7. The van der Waals surface area contributed by atoms with Gasteiger partial charge < -0.3 is 5.73 Å². The van der Waals surface area contributed by atoms with Gasteiger partial charge in [-0.15, -0.1) is 11.8 Å². The van der Waals surface area contributed by atoms with E-state index < -0.39 is 11.7 Å². The quantitative estimate of drug-likeness (QED) is 0.684. The number of nitrogens with zero attached hydrogens (tertiary/aromatic N) is 1. The van der Waals surface area contributed by atoms with E-state index in [2.05, 4.69) is 4.98 Å². The van der Waals surface area contributed by atoms with Gasteiger partial charge in [0, 0.05) is 17.6 Å². The third-order valence-electron chi connectivity index (χ3n) is 2.43. The van der Waals surface area contributed by atoms with Crippen LogP contribution in [0.3, 0.4) is 0 Å². The molecule has 0 unspecified atom stereocenters. The van der Waals surface area contributed by atoms with Crippen molar-refractivity contribution in [2.75, 3.05) is 5.73 Å². The number of pyridine rings is 1. The molecule has 6 heteroatoms. The van der Waals surface area contributed by atoms with E-state index in [0.717, 1.165) is 17.8 Å². The van der Waals surface area contributed by atoms with Crippen LogP contribution in [0.25, 0.3) is 0 Å². The van der Waals surface area contributed by atoms with Crippen LogP contribution in [0.4, 0.5) is 18.9 Å². The maximum absolute atomic E-state index is 12.3. The van der Waals surface area contributed by atoms with E-state index in [1.54, 1.807) is 12.1 Å². The first-order valence-corrected chi connectivity index (χ1v) is 6.44. The normalized spacial score (nSPS) is 11.5. The van der Waals surface area contributed by atoms with Crippen LogP contribution in [0.15, 0.2) is 47.6 Å². The van der Waals surface area contributed by atoms with Crippen molar-refractivity contribution in [1.82, 2.24) is 4.98 Å². The summed E-state index contributed by atoms with van der Waals surface area (Å²) in [7, 11) is 0. The summed E-state index contributed by atoms with van der Waals surface area (Å²) >= 11 is 1.38. The zero-order valence-electron chi connectivity index (χ0n) is 9.82. The Morgan fingerprint density at radius 1 is 1.05 bits per heavy atom. The van der Waals surface area contributed by atoms with Crippen LogP contribution in [-0.4, -0.2) is 4.98 Å². The molecular formula is C13H11F3N2S. The standard InChI is InChI=1S/C13H11F3N2S/c14-13(15,16)10-3-6-12(18-7-10)19-8-9-1-4-11(17)5-2-9/h1-7H,8,17H2. The maximum atomic E-state index is 12.3. The van der Waals surface area contributed by atoms with Crippen LogP contribution in [0, 0.1) is 0 Å². The number of nitrogens with two attached hydrogens (primary N) is 1. The van der Waals surface area contributed by atoms with Crippen molar-refractivity contribution in [2.45, 2.75) is 17.0 Å². The van der Waals surface area contributed by atoms with Gasteiger partial charge in [0.2, 0.25) is 0 Å². The Morgan fingerprint density at radius 3 is 2.26 bits per heavy atom. The predicted molar refractivity (Wildman–Crippen MR) is 69.7 cm³/mol. The van der Waals surface area contributed by atoms with E-state index in [0.29, 0.717) is 16.5 Å². The monoisotopic (exact) mass is 284 g/mol. The fraction of sp³-hybridized carbons (Fsp3) is 0.154. The number of rotatable bonds is 3. The molecule has 0 bridgehead atoms. The number of hydrogen-bond acceptors (Lipinski definition) is 3. The number of anilines is 1. The molecule has 2 rings (SSSR count). The Labute approximate surface area is 112 Å². The summed E-state index contributed by atoms with van der Waals surface area (Å²) < 4.78 is 37.0. The highest BCUT2D eigenvalue weighted by atomic mass is 32.2. The van der Waals surface area contributed by atoms with Gasteiger partial charge in [-0.2, -0.15) is 13.2 Å². The molecule has 0 radical (unpaired) electrons. The topological polar surface area (TPSA) is 38.9 Å². The largest absolute Gasteiger partial charge is 0.417 e. The molecule has 0 saturated carbocycles. The van der Waals surface area contributed by atoms with Crippen LogP contribution >= 0.6 is 11.8 Å². The Hall–Kier alpha value is -1.69. The van der Waals surface area contributed by atoms with Gasteiger partial charge in [-0.1, -0.05) is 12.1 Å². The SMILES string of the molecule is Nc1ccc(CSc2ccc(C(F)(F)F)cn2)cc1. The highest BCUT2D eigenvalue weighted by Gasteiger charge is 2.30.